The molecule has 4 heteroatoms. The molecule has 0 radical (unpaired) electrons. The van der Waals surface area contributed by atoms with Crippen LogP contribution in [0.15, 0.2) is 18.7 Å². The second kappa shape index (κ2) is 2.57. The zero-order chi connectivity index (χ0) is 8.43. The highest BCUT2D eigenvalue weighted by Crippen LogP contribution is 2.04. The second-order valence-electron chi connectivity index (χ2n) is 2.15. The van der Waals surface area contributed by atoms with E-state index in [9.17, 15) is 4.79 Å². The molecule has 0 saturated carbocycles. The molecule has 1 aromatic heterocycles. The fourth-order valence-corrected chi connectivity index (χ4v) is 0.707. The Morgan fingerprint density at radius 1 is 1.91 bits per heavy atom. The normalized spacial score (nSPS) is 9.55. The zero-order valence-electron chi connectivity index (χ0n) is 6.24. The van der Waals surface area contributed by atoms with Gasteiger partial charge in [0.2, 0.25) is 5.78 Å². The van der Waals surface area contributed by atoms with Crippen molar-refractivity contribution in [2.24, 2.45) is 7.05 Å². The summed E-state index contributed by atoms with van der Waals surface area (Å²) in [6.45, 7) is 3.34. The quantitative estimate of drug-likeness (QED) is 0.490. The van der Waals surface area contributed by atoms with Gasteiger partial charge >= 0.3 is 0 Å². The largest absolute Gasteiger partial charge is 0.384 e. The molecule has 1 aromatic rings. The minimum atomic E-state index is -0.211. The van der Waals surface area contributed by atoms with Gasteiger partial charge in [-0.25, -0.2) is 0 Å². The monoisotopic (exact) mass is 151 g/mol. The Morgan fingerprint density at radius 3 is 2.91 bits per heavy atom. The Bertz CT molecular complexity index is 281. The van der Waals surface area contributed by atoms with E-state index in [-0.39, 0.29) is 5.78 Å². The van der Waals surface area contributed by atoms with Crippen LogP contribution in [0.25, 0.3) is 0 Å². The number of aryl methyl sites for hydroxylation is 1. The van der Waals surface area contributed by atoms with Gasteiger partial charge in [0.25, 0.3) is 0 Å². The van der Waals surface area contributed by atoms with Crippen molar-refractivity contribution in [1.82, 2.24) is 9.78 Å². The summed E-state index contributed by atoms with van der Waals surface area (Å²) in [7, 11) is 1.68. The highest BCUT2D eigenvalue weighted by molar-refractivity contribution is 6.03. The average molecular weight is 151 g/mol. The van der Waals surface area contributed by atoms with E-state index < -0.39 is 0 Å². The average Bonchev–Trinajstić information content (AvgIpc) is 2.31. The van der Waals surface area contributed by atoms with Crippen molar-refractivity contribution in [3.05, 3.63) is 24.4 Å². The summed E-state index contributed by atoms with van der Waals surface area (Å²) in [6, 6.07) is 1.52. The molecule has 0 fully saturated rings. The van der Waals surface area contributed by atoms with Crippen LogP contribution >= 0.6 is 0 Å². The molecule has 0 spiro atoms. The number of hydrogen-bond donors (Lipinski definition) is 1. The summed E-state index contributed by atoms with van der Waals surface area (Å²) in [4.78, 5) is 10.9. The standard InChI is InChI=1S/C7H9N3O/c1-3-6(11)5-4-7(8)10(2)9-5/h3-4H,1,8H2,2H3. The van der Waals surface area contributed by atoms with Crippen LogP contribution in [0.4, 0.5) is 5.82 Å². The number of nitrogens with zero attached hydrogens (tertiary/aromatic N) is 2. The number of anilines is 1. The third-order valence-corrected chi connectivity index (χ3v) is 1.35. The van der Waals surface area contributed by atoms with Gasteiger partial charge in [0.05, 0.1) is 0 Å². The van der Waals surface area contributed by atoms with Crippen LogP contribution in [0.2, 0.25) is 0 Å². The first-order valence-corrected chi connectivity index (χ1v) is 3.11. The molecule has 0 bridgehead atoms. The van der Waals surface area contributed by atoms with Gasteiger partial charge in [-0.3, -0.25) is 9.48 Å². The molecule has 0 aromatic carbocycles. The molecule has 0 unspecified atom stereocenters. The van der Waals surface area contributed by atoms with Crippen LogP contribution < -0.4 is 5.73 Å². The maximum absolute atomic E-state index is 10.9. The predicted molar refractivity (Wildman–Crippen MR) is 42.1 cm³/mol. The van der Waals surface area contributed by atoms with E-state index in [1.807, 2.05) is 0 Å². The number of nitrogens with two attached hydrogens (primary N) is 1. The fourth-order valence-electron chi connectivity index (χ4n) is 0.707. The number of carbonyl (C=O) groups excluding carboxylic acids is 1. The van der Waals surface area contributed by atoms with Crippen LogP contribution in [0.5, 0.6) is 0 Å². The van der Waals surface area contributed by atoms with Gasteiger partial charge in [0.15, 0.2) is 0 Å². The topological polar surface area (TPSA) is 60.9 Å². The molecule has 0 saturated heterocycles. The third-order valence-electron chi connectivity index (χ3n) is 1.35. The molecular weight excluding hydrogens is 142 g/mol. The van der Waals surface area contributed by atoms with E-state index in [4.69, 9.17) is 5.73 Å². The van der Waals surface area contributed by atoms with Crippen molar-refractivity contribution in [2.45, 2.75) is 0 Å². The van der Waals surface area contributed by atoms with Gasteiger partial charge < -0.3 is 5.73 Å². The minimum Gasteiger partial charge on any atom is -0.384 e. The molecule has 0 aliphatic rings. The smallest absolute Gasteiger partial charge is 0.205 e. The second-order valence-corrected chi connectivity index (χ2v) is 2.15. The van der Waals surface area contributed by atoms with Crippen molar-refractivity contribution in [2.75, 3.05) is 5.73 Å². The highest BCUT2D eigenvalue weighted by atomic mass is 16.1. The summed E-state index contributed by atoms with van der Waals surface area (Å²) in [6.07, 6.45) is 1.21. The summed E-state index contributed by atoms with van der Waals surface area (Å²) >= 11 is 0. The van der Waals surface area contributed by atoms with Crippen LogP contribution in [0, 0.1) is 0 Å². The van der Waals surface area contributed by atoms with E-state index in [1.54, 1.807) is 7.05 Å². The van der Waals surface area contributed by atoms with Gasteiger partial charge in [0.1, 0.15) is 11.5 Å². The molecule has 0 aliphatic heterocycles. The van der Waals surface area contributed by atoms with Gasteiger partial charge in [0, 0.05) is 13.1 Å². The summed E-state index contributed by atoms with van der Waals surface area (Å²) in [5.74, 6) is 0.257. The number of ketones is 1. The maximum Gasteiger partial charge on any atom is 0.205 e. The van der Waals surface area contributed by atoms with Gasteiger partial charge in [-0.05, 0) is 6.08 Å². The molecule has 11 heavy (non-hydrogen) atoms. The maximum atomic E-state index is 10.9. The Morgan fingerprint density at radius 2 is 2.55 bits per heavy atom. The molecule has 0 aliphatic carbocycles. The van der Waals surface area contributed by atoms with Crippen molar-refractivity contribution in [3.8, 4) is 0 Å². The van der Waals surface area contributed by atoms with Crippen molar-refractivity contribution < 1.29 is 4.79 Å². The summed E-state index contributed by atoms with van der Waals surface area (Å²) in [5, 5.41) is 3.85. The Hall–Kier alpha value is -1.58. The minimum absolute atomic E-state index is 0.211. The number of allylic oxidation sites excluding steroid dienone is 1. The zero-order valence-corrected chi connectivity index (χ0v) is 6.24. The lowest BCUT2D eigenvalue weighted by Crippen LogP contribution is -1.98. The first kappa shape index (κ1) is 7.53. The first-order valence-electron chi connectivity index (χ1n) is 3.11. The number of aromatic nitrogens is 2. The predicted octanol–water partition coefficient (Wildman–Crippen LogP) is 0.371. The highest BCUT2D eigenvalue weighted by Gasteiger charge is 2.06. The van der Waals surface area contributed by atoms with Crippen molar-refractivity contribution >= 4 is 11.6 Å². The molecule has 0 amide bonds. The van der Waals surface area contributed by atoms with E-state index in [0.29, 0.717) is 11.5 Å². The number of rotatable bonds is 2. The summed E-state index contributed by atoms with van der Waals surface area (Å²) in [5.41, 5.74) is 5.78. The molecular formula is C7H9N3O. The Kier molecular flexibility index (Phi) is 1.76. The lowest BCUT2D eigenvalue weighted by Gasteiger charge is -1.88. The number of hydrogen-bond acceptors (Lipinski definition) is 3. The van der Waals surface area contributed by atoms with E-state index in [2.05, 4.69) is 11.7 Å². The van der Waals surface area contributed by atoms with E-state index in [1.165, 1.54) is 16.8 Å². The van der Waals surface area contributed by atoms with Gasteiger partial charge in [-0.15, -0.1) is 0 Å². The lowest BCUT2D eigenvalue weighted by molar-refractivity contribution is 0.104. The molecule has 2 N–H and O–H groups in total. The third kappa shape index (κ3) is 1.29. The fraction of sp³-hybridized carbons (Fsp3) is 0.143. The Labute approximate surface area is 64.3 Å². The molecule has 1 rings (SSSR count). The van der Waals surface area contributed by atoms with Crippen LogP contribution in [0.3, 0.4) is 0 Å². The SMILES string of the molecule is C=CC(=O)c1cc(N)n(C)n1. The molecule has 1 heterocycles. The van der Waals surface area contributed by atoms with Crippen LogP contribution in [0.1, 0.15) is 10.5 Å². The van der Waals surface area contributed by atoms with E-state index in [0.717, 1.165) is 0 Å². The van der Waals surface area contributed by atoms with Crippen molar-refractivity contribution in [1.29, 1.82) is 0 Å². The first-order chi connectivity index (χ1) is 5.15. The molecule has 0 atom stereocenters. The molecule has 4 nitrogen and oxygen atoms in total. The molecule has 58 valence electrons. The van der Waals surface area contributed by atoms with Gasteiger partial charge in [-0.2, -0.15) is 5.10 Å². The number of carbonyl (C=O) groups is 1. The summed E-state index contributed by atoms with van der Waals surface area (Å²) < 4.78 is 1.44. The Balaban J connectivity index is 3.06. The van der Waals surface area contributed by atoms with Crippen LogP contribution in [-0.2, 0) is 7.05 Å². The number of nitrogen functional groups attached to an aromatic ring is 1. The van der Waals surface area contributed by atoms with Crippen molar-refractivity contribution in [3.63, 3.8) is 0 Å². The van der Waals surface area contributed by atoms with Gasteiger partial charge in [-0.1, -0.05) is 6.58 Å². The van der Waals surface area contributed by atoms with E-state index >= 15 is 0 Å². The lowest BCUT2D eigenvalue weighted by atomic mass is 10.3. The van der Waals surface area contributed by atoms with Crippen LogP contribution in [-0.4, -0.2) is 15.6 Å².